The number of carbonyl (C=O) groups is 1. The zero-order valence-electron chi connectivity index (χ0n) is 13.8. The number of nitrogens with one attached hydrogen (secondary N) is 1. The van der Waals surface area contributed by atoms with Crippen molar-refractivity contribution in [1.29, 1.82) is 0 Å². The number of guanidine groups is 1. The lowest BCUT2D eigenvalue weighted by Crippen LogP contribution is -2.50. The topological polar surface area (TPSA) is 57.2 Å². The molecule has 0 saturated carbocycles. The summed E-state index contributed by atoms with van der Waals surface area (Å²) in [5, 5.41) is 2.83. The Morgan fingerprint density at radius 1 is 1.39 bits per heavy atom. The summed E-state index contributed by atoms with van der Waals surface area (Å²) in [6.45, 7) is 2.62. The average Bonchev–Trinajstić information content (AvgIpc) is 2.47. The summed E-state index contributed by atoms with van der Waals surface area (Å²) in [6, 6.07) is 0. The fourth-order valence-electron chi connectivity index (χ4n) is 2.45. The van der Waals surface area contributed by atoms with Crippen LogP contribution in [0.25, 0.3) is 0 Å². The largest absolute Gasteiger partial charge is 0.406 e. The molecule has 0 atom stereocenters. The highest BCUT2D eigenvalue weighted by atomic mass is 19.4. The van der Waals surface area contributed by atoms with Crippen LogP contribution >= 0.6 is 0 Å². The highest BCUT2D eigenvalue weighted by molar-refractivity contribution is 5.86. The maximum absolute atomic E-state index is 12.3. The van der Waals surface area contributed by atoms with Crippen LogP contribution in [0.15, 0.2) is 4.99 Å². The van der Waals surface area contributed by atoms with Crippen molar-refractivity contribution in [3.05, 3.63) is 0 Å². The highest BCUT2D eigenvalue weighted by Gasteiger charge is 2.31. The first-order chi connectivity index (χ1) is 10.8. The van der Waals surface area contributed by atoms with Gasteiger partial charge in [-0.15, -0.1) is 0 Å². The van der Waals surface area contributed by atoms with Crippen LogP contribution in [0.4, 0.5) is 13.2 Å². The van der Waals surface area contributed by atoms with E-state index in [1.54, 1.807) is 7.05 Å². The summed E-state index contributed by atoms with van der Waals surface area (Å²) < 4.78 is 42.4. The molecular formula is C14H25F3N4O2. The van der Waals surface area contributed by atoms with Gasteiger partial charge in [-0.2, -0.15) is 13.2 Å². The zero-order chi connectivity index (χ0) is 17.5. The average molecular weight is 338 g/mol. The molecule has 1 amide bonds. The Labute approximate surface area is 134 Å². The second kappa shape index (κ2) is 8.95. The smallest absolute Gasteiger partial charge is 0.378 e. The lowest BCUT2D eigenvalue weighted by molar-refractivity contribution is -0.157. The van der Waals surface area contributed by atoms with Crippen molar-refractivity contribution in [1.82, 2.24) is 15.1 Å². The first-order valence-electron chi connectivity index (χ1n) is 7.64. The summed E-state index contributed by atoms with van der Waals surface area (Å²) in [4.78, 5) is 18.5. The molecular weight excluding hydrogens is 313 g/mol. The Bertz CT molecular complexity index is 407. The molecule has 0 aliphatic carbocycles. The molecule has 1 aliphatic rings. The Balaban J connectivity index is 2.41. The van der Waals surface area contributed by atoms with Gasteiger partial charge in [-0.25, -0.2) is 0 Å². The number of likely N-dealkylation sites (tertiary alicyclic amines) is 1. The van der Waals surface area contributed by atoms with Gasteiger partial charge in [0.1, 0.15) is 6.54 Å². The van der Waals surface area contributed by atoms with E-state index in [0.717, 1.165) is 33.0 Å². The summed E-state index contributed by atoms with van der Waals surface area (Å²) in [5.41, 5.74) is 0. The number of nitrogens with zero attached hydrogens (tertiary/aromatic N) is 3. The molecule has 0 bridgehead atoms. The second-order valence-electron chi connectivity index (χ2n) is 5.41. The molecule has 1 aliphatic heterocycles. The van der Waals surface area contributed by atoms with Gasteiger partial charge in [-0.05, 0) is 19.8 Å². The Kier molecular flexibility index (Phi) is 7.60. The van der Waals surface area contributed by atoms with Crippen molar-refractivity contribution in [3.63, 3.8) is 0 Å². The number of amides is 1. The Morgan fingerprint density at radius 3 is 2.48 bits per heavy atom. The molecule has 1 saturated heterocycles. The molecule has 6 nitrogen and oxygen atoms in total. The molecule has 1 fully saturated rings. The van der Waals surface area contributed by atoms with E-state index in [9.17, 15) is 18.0 Å². The number of alkyl halides is 3. The molecule has 1 heterocycles. The molecule has 0 aromatic rings. The van der Waals surface area contributed by atoms with Gasteiger partial charge in [0.15, 0.2) is 5.96 Å². The molecule has 1 rings (SSSR count). The molecule has 23 heavy (non-hydrogen) atoms. The van der Waals surface area contributed by atoms with Gasteiger partial charge in [-0.3, -0.25) is 9.79 Å². The second-order valence-corrected chi connectivity index (χ2v) is 5.41. The molecule has 0 radical (unpaired) electrons. The standard InChI is InChI=1S/C14H25F3N4O2/c1-4-23-11-5-7-21(8-6-11)13(18-2)19-9-12(22)20(3)10-14(15,16)17/h11H,4-10H2,1-3H3,(H,18,19). The van der Waals surface area contributed by atoms with Crippen molar-refractivity contribution in [3.8, 4) is 0 Å². The molecule has 0 aromatic carbocycles. The van der Waals surface area contributed by atoms with Gasteiger partial charge >= 0.3 is 6.18 Å². The number of aliphatic imine (C=N–C) groups is 1. The number of hydrogen-bond acceptors (Lipinski definition) is 3. The minimum atomic E-state index is -4.40. The van der Waals surface area contributed by atoms with Crippen molar-refractivity contribution in [2.45, 2.75) is 32.0 Å². The quantitative estimate of drug-likeness (QED) is 0.602. The van der Waals surface area contributed by atoms with Gasteiger partial charge in [0.2, 0.25) is 5.91 Å². The van der Waals surface area contributed by atoms with Gasteiger partial charge in [-0.1, -0.05) is 0 Å². The van der Waals surface area contributed by atoms with E-state index < -0.39 is 18.6 Å². The number of halogens is 3. The van der Waals surface area contributed by atoms with Crippen LogP contribution in [0.5, 0.6) is 0 Å². The van der Waals surface area contributed by atoms with E-state index in [2.05, 4.69) is 10.3 Å². The Hall–Kier alpha value is -1.51. The van der Waals surface area contributed by atoms with Crippen LogP contribution in [0, 0.1) is 0 Å². The third-order valence-corrected chi connectivity index (χ3v) is 3.60. The van der Waals surface area contributed by atoms with E-state index in [1.807, 2.05) is 11.8 Å². The SMILES string of the molecule is CCOC1CCN(C(=NC)NCC(=O)N(C)CC(F)(F)F)CC1. The number of hydrogen-bond donors (Lipinski definition) is 1. The fraction of sp³-hybridized carbons (Fsp3) is 0.857. The first-order valence-corrected chi connectivity index (χ1v) is 7.64. The highest BCUT2D eigenvalue weighted by Crippen LogP contribution is 2.15. The minimum Gasteiger partial charge on any atom is -0.378 e. The number of piperidine rings is 1. The summed E-state index contributed by atoms with van der Waals surface area (Å²) in [7, 11) is 2.72. The maximum atomic E-state index is 12.3. The summed E-state index contributed by atoms with van der Waals surface area (Å²) in [6.07, 6.45) is -2.45. The lowest BCUT2D eigenvalue weighted by atomic mass is 10.1. The van der Waals surface area contributed by atoms with Gasteiger partial charge < -0.3 is 19.9 Å². The van der Waals surface area contributed by atoms with Crippen molar-refractivity contribution in [2.24, 2.45) is 4.99 Å². The maximum Gasteiger partial charge on any atom is 0.406 e. The number of rotatable bonds is 5. The van der Waals surface area contributed by atoms with Crippen molar-refractivity contribution >= 4 is 11.9 Å². The van der Waals surface area contributed by atoms with Crippen molar-refractivity contribution in [2.75, 3.05) is 46.9 Å². The van der Waals surface area contributed by atoms with Crippen LogP contribution in [-0.4, -0.2) is 80.8 Å². The van der Waals surface area contributed by atoms with Crippen molar-refractivity contribution < 1.29 is 22.7 Å². The van der Waals surface area contributed by atoms with E-state index >= 15 is 0 Å². The van der Waals surface area contributed by atoms with Crippen LogP contribution in [0.1, 0.15) is 19.8 Å². The third kappa shape index (κ3) is 7.06. The van der Waals surface area contributed by atoms with Gasteiger partial charge in [0.05, 0.1) is 12.6 Å². The molecule has 0 spiro atoms. The molecule has 0 unspecified atom stereocenters. The Morgan fingerprint density at radius 2 is 2.00 bits per heavy atom. The van der Waals surface area contributed by atoms with Gasteiger partial charge in [0.25, 0.3) is 0 Å². The van der Waals surface area contributed by atoms with E-state index in [1.165, 1.54) is 0 Å². The minimum absolute atomic E-state index is 0.218. The first kappa shape index (κ1) is 19.5. The predicted octanol–water partition coefficient (Wildman–Crippen LogP) is 1.08. The summed E-state index contributed by atoms with van der Waals surface area (Å²) in [5.74, 6) is -0.110. The number of likely N-dealkylation sites (N-methyl/N-ethyl adjacent to an activating group) is 1. The van der Waals surface area contributed by atoms with Crippen LogP contribution < -0.4 is 5.32 Å². The molecule has 1 N–H and O–H groups in total. The summed E-state index contributed by atoms with van der Waals surface area (Å²) >= 11 is 0. The van der Waals surface area contributed by atoms with E-state index in [4.69, 9.17) is 4.74 Å². The fourth-order valence-corrected chi connectivity index (χ4v) is 2.45. The van der Waals surface area contributed by atoms with E-state index in [0.29, 0.717) is 17.5 Å². The number of ether oxygens (including phenoxy) is 1. The van der Waals surface area contributed by atoms with E-state index in [-0.39, 0.29) is 12.6 Å². The molecule has 0 aromatic heterocycles. The third-order valence-electron chi connectivity index (χ3n) is 3.60. The van der Waals surface area contributed by atoms with Crippen LogP contribution in [0.2, 0.25) is 0 Å². The van der Waals surface area contributed by atoms with Crippen LogP contribution in [0.3, 0.4) is 0 Å². The molecule has 9 heteroatoms. The normalized spacial score (nSPS) is 17.3. The lowest BCUT2D eigenvalue weighted by Gasteiger charge is -2.34. The number of carbonyl (C=O) groups excluding carboxylic acids is 1. The predicted molar refractivity (Wildman–Crippen MR) is 81.3 cm³/mol. The molecule has 134 valence electrons. The van der Waals surface area contributed by atoms with Crippen LogP contribution in [-0.2, 0) is 9.53 Å². The monoisotopic (exact) mass is 338 g/mol. The zero-order valence-corrected chi connectivity index (χ0v) is 13.8. The van der Waals surface area contributed by atoms with Gasteiger partial charge in [0, 0.05) is 33.8 Å².